The number of methoxy groups -OCH3 is 1. The second kappa shape index (κ2) is 17.2. The van der Waals surface area contributed by atoms with Gasteiger partial charge in [-0.2, -0.15) is 0 Å². The molecule has 4 aliphatic rings. The zero-order chi connectivity index (χ0) is 30.7. The first kappa shape index (κ1) is 35.1. The Balaban J connectivity index is 1.12. The van der Waals surface area contributed by atoms with Crippen molar-refractivity contribution in [1.29, 1.82) is 0 Å². The third-order valence-corrected chi connectivity index (χ3v) is 12.9. The quantitative estimate of drug-likeness (QED) is 0.0982. The lowest BCUT2D eigenvalue weighted by atomic mass is 9.44. The van der Waals surface area contributed by atoms with Crippen LogP contribution in [-0.4, -0.2) is 84.6 Å². The Morgan fingerprint density at radius 3 is 2.05 bits per heavy atom. The topological polar surface area (TPSA) is 112 Å². The maximum Gasteiger partial charge on any atom is 0.305 e. The highest BCUT2D eigenvalue weighted by molar-refractivity contribution is 5.69. The van der Waals surface area contributed by atoms with Gasteiger partial charge in [0.05, 0.1) is 7.11 Å². The summed E-state index contributed by atoms with van der Waals surface area (Å²) in [6, 6.07) is 0.695. The van der Waals surface area contributed by atoms with Gasteiger partial charge in [-0.25, -0.2) is 0 Å². The number of hydrogen-bond acceptors (Lipinski definition) is 8. The molecule has 0 aromatic carbocycles. The van der Waals surface area contributed by atoms with Crippen molar-refractivity contribution in [3.63, 3.8) is 0 Å². The van der Waals surface area contributed by atoms with Crippen LogP contribution in [0.1, 0.15) is 91.4 Å². The molecule has 0 heterocycles. The minimum atomic E-state index is -0.0432. The summed E-state index contributed by atoms with van der Waals surface area (Å²) in [4.78, 5) is 11.8. The van der Waals surface area contributed by atoms with Crippen LogP contribution in [-0.2, 0) is 9.53 Å². The Bertz CT molecular complexity index is 830. The van der Waals surface area contributed by atoms with E-state index in [1.54, 1.807) is 0 Å². The van der Waals surface area contributed by atoms with E-state index in [-0.39, 0.29) is 5.97 Å². The van der Waals surface area contributed by atoms with Gasteiger partial charge in [-0.1, -0.05) is 20.8 Å². The second-order valence-electron chi connectivity index (χ2n) is 15.2. The summed E-state index contributed by atoms with van der Waals surface area (Å²) in [6.07, 6.45) is 14.2. The molecule has 250 valence electrons. The summed E-state index contributed by atoms with van der Waals surface area (Å²) in [5.41, 5.74) is 6.49. The van der Waals surface area contributed by atoms with Gasteiger partial charge in [-0.05, 0) is 111 Å². The highest BCUT2D eigenvalue weighted by Gasteiger charge is 2.60. The highest BCUT2D eigenvalue weighted by Crippen LogP contribution is 2.68. The third-order valence-electron chi connectivity index (χ3n) is 12.9. The van der Waals surface area contributed by atoms with E-state index < -0.39 is 0 Å². The highest BCUT2D eigenvalue weighted by atomic mass is 16.5. The first-order chi connectivity index (χ1) is 20.8. The molecular weight excluding hydrogens is 536 g/mol. The monoisotopic (exact) mass is 605 g/mol. The van der Waals surface area contributed by atoms with E-state index in [9.17, 15) is 4.79 Å². The van der Waals surface area contributed by atoms with Gasteiger partial charge in [0.2, 0.25) is 0 Å². The van der Waals surface area contributed by atoms with Crippen LogP contribution in [0.3, 0.4) is 0 Å². The molecule has 0 saturated heterocycles. The van der Waals surface area contributed by atoms with Gasteiger partial charge in [-0.3, -0.25) is 4.79 Å². The molecule has 9 atom stereocenters. The molecule has 0 aliphatic heterocycles. The molecular formula is C35H68N6O2. The fourth-order valence-corrected chi connectivity index (χ4v) is 10.6. The standard InChI is InChI=1S/C35H68N6O2/c1-26(5-10-33(42)43-4)30-8-9-31-29-7-6-27-25-28(11-13-34(27,2)32(29)12-14-35(30,31)3)41-24-23-40-22-21-39-20-19-38-18-17-37-16-15-36/h26-32,37-41H,5-25,36H2,1-4H3/t26-,27?,28+,29?,30-,31?,32?,34+,35-/m1/s1. The largest absolute Gasteiger partial charge is 0.469 e. The Hall–Kier alpha value is -0.770. The van der Waals surface area contributed by atoms with E-state index in [0.717, 1.165) is 94.9 Å². The van der Waals surface area contributed by atoms with Gasteiger partial charge in [0.1, 0.15) is 0 Å². The SMILES string of the molecule is COC(=O)CC[C@@H](C)[C@H]1CCC2C3CCC4C[C@@H](NCCNCCNCCNCCNCCN)CC[C@]4(C)C3CC[C@@]21C. The fraction of sp³-hybridized carbons (Fsp3) is 0.971. The Labute approximate surface area is 263 Å². The Morgan fingerprint density at radius 1 is 0.791 bits per heavy atom. The number of nitrogens with one attached hydrogen (secondary N) is 5. The fourth-order valence-electron chi connectivity index (χ4n) is 10.6. The lowest BCUT2D eigenvalue weighted by Gasteiger charge is -2.61. The number of hydrogen-bond donors (Lipinski definition) is 6. The lowest BCUT2D eigenvalue weighted by molar-refractivity contribution is -0.141. The first-order valence-corrected chi connectivity index (χ1v) is 18.2. The van der Waals surface area contributed by atoms with Crippen LogP contribution in [0.25, 0.3) is 0 Å². The van der Waals surface area contributed by atoms with Crippen LogP contribution in [0.15, 0.2) is 0 Å². The summed E-state index contributed by atoms with van der Waals surface area (Å²) in [5.74, 6) is 4.98. The number of ether oxygens (including phenoxy) is 1. The van der Waals surface area contributed by atoms with E-state index in [2.05, 4.69) is 47.4 Å². The van der Waals surface area contributed by atoms with E-state index >= 15 is 0 Å². The van der Waals surface area contributed by atoms with Crippen molar-refractivity contribution in [2.75, 3.05) is 72.6 Å². The van der Waals surface area contributed by atoms with Gasteiger partial charge in [-0.15, -0.1) is 0 Å². The van der Waals surface area contributed by atoms with Crippen molar-refractivity contribution in [3.05, 3.63) is 0 Å². The molecule has 0 spiro atoms. The first-order valence-electron chi connectivity index (χ1n) is 18.2. The maximum atomic E-state index is 11.8. The van der Waals surface area contributed by atoms with Crippen molar-refractivity contribution < 1.29 is 9.53 Å². The van der Waals surface area contributed by atoms with Crippen molar-refractivity contribution in [1.82, 2.24) is 26.6 Å². The zero-order valence-corrected chi connectivity index (χ0v) is 28.3. The van der Waals surface area contributed by atoms with Crippen LogP contribution >= 0.6 is 0 Å². The average molecular weight is 605 g/mol. The van der Waals surface area contributed by atoms with Crippen molar-refractivity contribution in [2.24, 2.45) is 52.1 Å². The second-order valence-corrected chi connectivity index (χ2v) is 15.2. The molecule has 7 N–H and O–H groups in total. The molecule has 8 heteroatoms. The summed E-state index contributed by atoms with van der Waals surface area (Å²) in [5, 5.41) is 17.8. The average Bonchev–Trinajstić information content (AvgIpc) is 3.37. The molecule has 0 radical (unpaired) electrons. The number of carbonyl (C=O) groups is 1. The van der Waals surface area contributed by atoms with Crippen molar-refractivity contribution in [2.45, 2.75) is 97.4 Å². The molecule has 4 saturated carbocycles. The van der Waals surface area contributed by atoms with E-state index in [1.165, 1.54) is 64.9 Å². The number of rotatable bonds is 19. The van der Waals surface area contributed by atoms with Gasteiger partial charge in [0, 0.05) is 77.9 Å². The summed E-state index contributed by atoms with van der Waals surface area (Å²) >= 11 is 0. The van der Waals surface area contributed by atoms with Crippen LogP contribution in [0.4, 0.5) is 0 Å². The molecule has 4 unspecified atom stereocenters. The molecule has 8 nitrogen and oxygen atoms in total. The van der Waals surface area contributed by atoms with E-state index in [4.69, 9.17) is 10.5 Å². The smallest absolute Gasteiger partial charge is 0.305 e. The molecule has 43 heavy (non-hydrogen) atoms. The van der Waals surface area contributed by atoms with Gasteiger partial charge < -0.3 is 37.1 Å². The van der Waals surface area contributed by atoms with Gasteiger partial charge >= 0.3 is 5.97 Å². The van der Waals surface area contributed by atoms with E-state index in [1.807, 2.05) is 0 Å². The molecule has 4 rings (SSSR count). The van der Waals surface area contributed by atoms with Crippen LogP contribution in [0, 0.1) is 46.3 Å². The molecule has 0 bridgehead atoms. The third kappa shape index (κ3) is 8.94. The van der Waals surface area contributed by atoms with Crippen LogP contribution in [0.2, 0.25) is 0 Å². The minimum absolute atomic E-state index is 0.0432. The number of esters is 1. The predicted molar refractivity (Wildman–Crippen MR) is 178 cm³/mol. The lowest BCUT2D eigenvalue weighted by Crippen LogP contribution is -2.55. The molecule has 4 fully saturated rings. The molecule has 0 amide bonds. The van der Waals surface area contributed by atoms with Crippen molar-refractivity contribution >= 4 is 5.97 Å². The van der Waals surface area contributed by atoms with Gasteiger partial charge in [0.25, 0.3) is 0 Å². The molecule has 4 aliphatic carbocycles. The normalized spacial score (nSPS) is 36.0. The summed E-state index contributed by atoms with van der Waals surface area (Å²) in [7, 11) is 1.52. The number of carbonyl (C=O) groups excluding carboxylic acids is 1. The molecule has 0 aromatic rings. The van der Waals surface area contributed by atoms with Gasteiger partial charge in [0.15, 0.2) is 0 Å². The minimum Gasteiger partial charge on any atom is -0.469 e. The van der Waals surface area contributed by atoms with Crippen LogP contribution in [0.5, 0.6) is 0 Å². The Morgan fingerprint density at radius 2 is 1.40 bits per heavy atom. The zero-order valence-electron chi connectivity index (χ0n) is 28.3. The van der Waals surface area contributed by atoms with Crippen LogP contribution < -0.4 is 32.3 Å². The molecule has 0 aromatic heterocycles. The maximum absolute atomic E-state index is 11.8. The number of fused-ring (bicyclic) bond motifs is 5. The van der Waals surface area contributed by atoms with E-state index in [0.29, 0.717) is 35.8 Å². The predicted octanol–water partition coefficient (Wildman–Crippen LogP) is 3.51. The summed E-state index contributed by atoms with van der Waals surface area (Å²) < 4.78 is 4.95. The summed E-state index contributed by atoms with van der Waals surface area (Å²) in [6.45, 7) is 17.5. The Kier molecular flexibility index (Phi) is 14.1. The number of nitrogens with two attached hydrogens (primary N) is 1. The van der Waals surface area contributed by atoms with Crippen molar-refractivity contribution in [3.8, 4) is 0 Å².